The monoisotopic (exact) mass is 1350 g/mol. The van der Waals surface area contributed by atoms with E-state index in [9.17, 15) is 20.4 Å². The summed E-state index contributed by atoms with van der Waals surface area (Å²) in [6.45, 7) is 11.5. The number of fused-ring (bicyclic) bond motifs is 10. The van der Waals surface area contributed by atoms with E-state index in [1.807, 2.05) is 28.4 Å². The third-order valence-electron chi connectivity index (χ3n) is 34.2. The van der Waals surface area contributed by atoms with E-state index in [0.29, 0.717) is 176 Å². The maximum absolute atomic E-state index is 10.8. The lowest BCUT2D eigenvalue weighted by Crippen LogP contribution is -2.59. The lowest BCUT2D eigenvalue weighted by atomic mass is 9.51. The maximum atomic E-state index is 10.8. The summed E-state index contributed by atoms with van der Waals surface area (Å²) in [6.07, 6.45) is 53.0. The van der Waals surface area contributed by atoms with Crippen molar-refractivity contribution in [1.29, 1.82) is 0 Å². The highest BCUT2D eigenvalue weighted by Crippen LogP contribution is 2.78. The van der Waals surface area contributed by atoms with E-state index in [0.717, 1.165) is 47.3 Å². The van der Waals surface area contributed by atoms with Crippen molar-refractivity contribution in [3.05, 3.63) is 0 Å². The average molecular weight is 1350 g/mol. The molecule has 14 aliphatic rings. The van der Waals surface area contributed by atoms with E-state index >= 15 is 0 Å². The number of ether oxygens (including phenoxy) is 4. The fraction of sp³-hybridized carbons (Fsp3) is 1.00. The minimum atomic E-state index is 0.296. The van der Waals surface area contributed by atoms with E-state index in [1.54, 1.807) is 0 Å². The van der Waals surface area contributed by atoms with Crippen molar-refractivity contribution in [2.45, 2.75) is 381 Å². The molecular weight excluding hydrogens is 1200 g/mol. The van der Waals surface area contributed by atoms with Gasteiger partial charge in [0, 0.05) is 127 Å². The second-order valence-corrected chi connectivity index (χ2v) is 38.0. The molecule has 1 spiro atoms. The van der Waals surface area contributed by atoms with Crippen LogP contribution in [0.25, 0.3) is 0 Å². The molecule has 14 rings (SSSR count). The van der Waals surface area contributed by atoms with E-state index in [2.05, 4.69) is 47.3 Å². The molecule has 12 heteroatoms. The van der Waals surface area contributed by atoms with Gasteiger partial charge in [-0.3, -0.25) is 19.6 Å². The Kier molecular flexibility index (Phi) is 24.8. The molecule has 0 bridgehead atoms. The van der Waals surface area contributed by atoms with Gasteiger partial charge in [-0.2, -0.15) is 0 Å². The quantitative estimate of drug-likeness (QED) is 0.0926. The fourth-order valence-electron chi connectivity index (χ4n) is 29.6. The van der Waals surface area contributed by atoms with Crippen molar-refractivity contribution in [2.24, 2.45) is 100 Å². The largest absolute Gasteiger partial charge is 0.396 e. The Morgan fingerprint density at radius 1 is 0.258 bits per heavy atom. The van der Waals surface area contributed by atoms with Crippen molar-refractivity contribution in [3.63, 3.8) is 0 Å². The number of hydrogen-bond acceptors (Lipinski definition) is 12. The molecule has 12 nitrogen and oxygen atoms in total. The van der Waals surface area contributed by atoms with Crippen LogP contribution in [-0.4, -0.2) is 192 Å². The number of aliphatic hydroxyl groups is 4. The summed E-state index contributed by atoms with van der Waals surface area (Å²) >= 11 is 0. The predicted molar refractivity (Wildman–Crippen MR) is 390 cm³/mol. The first kappa shape index (κ1) is 73.4. The molecule has 24 atom stereocenters. The lowest BCUT2D eigenvalue weighted by molar-refractivity contribution is -0.104. The summed E-state index contributed by atoms with van der Waals surface area (Å²) in [5.41, 5.74) is 0.296. The number of rotatable bonds is 20. The molecule has 4 N–H and O–H groups in total. The Balaban J connectivity index is 0.909. The van der Waals surface area contributed by atoms with Crippen LogP contribution < -0.4 is 0 Å². The van der Waals surface area contributed by atoms with Gasteiger partial charge in [0.15, 0.2) is 0 Å². The number of hydrogen-bond donors (Lipinski definition) is 4. The van der Waals surface area contributed by atoms with Gasteiger partial charge in [0.2, 0.25) is 0 Å². The van der Waals surface area contributed by atoms with Crippen LogP contribution in [0.2, 0.25) is 0 Å². The van der Waals surface area contributed by atoms with Gasteiger partial charge in [0.1, 0.15) is 0 Å². The van der Waals surface area contributed by atoms with Gasteiger partial charge in [0.25, 0.3) is 0 Å². The van der Waals surface area contributed by atoms with Crippen LogP contribution >= 0.6 is 0 Å². The molecule has 0 aromatic carbocycles. The smallest absolute Gasteiger partial charge is 0.0598 e. The molecule has 0 saturated heterocycles. The Labute approximate surface area is 592 Å². The Bertz CT molecular complexity index is 2080. The Hall–Kier alpha value is -0.480. The van der Waals surface area contributed by atoms with Crippen molar-refractivity contribution < 1.29 is 39.4 Å². The Morgan fingerprint density at radius 3 is 0.753 bits per heavy atom. The van der Waals surface area contributed by atoms with E-state index in [-0.39, 0.29) is 0 Å². The topological polar surface area (TPSA) is 131 Å². The zero-order chi connectivity index (χ0) is 67.2. The first-order chi connectivity index (χ1) is 47.3. The van der Waals surface area contributed by atoms with Crippen LogP contribution in [0.4, 0.5) is 0 Å². The first-order valence-electron chi connectivity index (χ1n) is 43.0. The number of methoxy groups -OCH3 is 4. The van der Waals surface area contributed by atoms with Gasteiger partial charge >= 0.3 is 0 Å². The maximum Gasteiger partial charge on any atom is 0.0598 e. The average Bonchev–Trinajstić information content (AvgIpc) is 1.50. The van der Waals surface area contributed by atoms with Crippen LogP contribution in [-0.2, 0) is 18.9 Å². The van der Waals surface area contributed by atoms with Gasteiger partial charge in [-0.05, 0) is 357 Å². The molecule has 0 aliphatic heterocycles. The van der Waals surface area contributed by atoms with Crippen LogP contribution in [0.5, 0.6) is 0 Å². The SMILES string of the molecule is COC1CCC(N(C2CCC(OC)C(C)C2)C2CCC3C4CCC(N(C5CCC(CO)CC5)C5CCC(CO)C(C)C5)CC4C4(C5CC(N(C6CCC(CO)CC6)C6CCC(CO)C(C)C6)CCC5C5CCC(N(C6CCC(OC)CC6)C6CCC(OC)C(C)C6)CC54)C3C2)CC1. The molecule has 0 amide bonds. The highest BCUT2D eigenvalue weighted by Gasteiger charge is 2.74. The highest BCUT2D eigenvalue weighted by molar-refractivity contribution is 5.23. The molecule has 0 radical (unpaired) electrons. The van der Waals surface area contributed by atoms with Crippen LogP contribution in [0, 0.1) is 100 Å². The van der Waals surface area contributed by atoms with Crippen molar-refractivity contribution in [3.8, 4) is 0 Å². The molecular formula is C85H148N4O8. The highest BCUT2D eigenvalue weighted by atomic mass is 16.5. The molecule has 0 aromatic rings. The summed E-state index contributed by atoms with van der Waals surface area (Å²) in [7, 11) is 7.96. The normalized spacial score (nSPS) is 50.0. The summed E-state index contributed by atoms with van der Waals surface area (Å²) < 4.78 is 25.1. The molecule has 14 aliphatic carbocycles. The molecule has 0 aromatic heterocycles. The van der Waals surface area contributed by atoms with Crippen molar-refractivity contribution in [1.82, 2.24) is 19.6 Å². The van der Waals surface area contributed by atoms with E-state index in [4.69, 9.17) is 18.9 Å². The third-order valence-corrected chi connectivity index (χ3v) is 34.2. The van der Waals surface area contributed by atoms with Gasteiger partial charge in [-0.1, -0.05) is 27.7 Å². The van der Waals surface area contributed by atoms with E-state index < -0.39 is 0 Å². The van der Waals surface area contributed by atoms with Crippen LogP contribution in [0.1, 0.15) is 285 Å². The summed E-state index contributed by atoms with van der Waals surface area (Å²) in [5, 5.41) is 43.0. The van der Waals surface area contributed by atoms with Gasteiger partial charge in [-0.15, -0.1) is 0 Å². The fourth-order valence-corrected chi connectivity index (χ4v) is 29.6. The summed E-state index contributed by atoms with van der Waals surface area (Å²) in [5.74, 6) is 10.3. The second-order valence-electron chi connectivity index (χ2n) is 38.0. The zero-order valence-electron chi connectivity index (χ0n) is 63.3. The van der Waals surface area contributed by atoms with Gasteiger partial charge in [0.05, 0.1) is 24.4 Å². The minimum Gasteiger partial charge on any atom is -0.396 e. The number of aliphatic hydroxyl groups excluding tert-OH is 4. The minimum absolute atomic E-state index is 0.296. The predicted octanol–water partition coefficient (Wildman–Crippen LogP) is 15.4. The molecule has 556 valence electrons. The number of nitrogens with zero attached hydrogens (tertiary/aromatic N) is 4. The third kappa shape index (κ3) is 14.6. The first-order valence-corrected chi connectivity index (χ1v) is 43.0. The molecule has 14 saturated carbocycles. The van der Waals surface area contributed by atoms with E-state index in [1.165, 1.54) is 257 Å². The zero-order valence-corrected chi connectivity index (χ0v) is 63.3. The van der Waals surface area contributed by atoms with Crippen LogP contribution in [0.3, 0.4) is 0 Å². The molecule has 0 heterocycles. The van der Waals surface area contributed by atoms with Gasteiger partial charge in [-0.25, -0.2) is 0 Å². The molecule has 97 heavy (non-hydrogen) atoms. The van der Waals surface area contributed by atoms with Crippen molar-refractivity contribution >= 4 is 0 Å². The lowest BCUT2D eigenvalue weighted by Gasteiger charge is -2.59. The molecule has 14 fully saturated rings. The molecule has 24 unspecified atom stereocenters. The van der Waals surface area contributed by atoms with Gasteiger partial charge < -0.3 is 39.4 Å². The summed E-state index contributed by atoms with van der Waals surface area (Å²) in [4.78, 5) is 13.4. The standard InChI is InChI=1S/C85H148N4O8/c1-53-41-65(19-13-59(53)51-92)86(61-15-9-57(49-90)10-16-61)69-25-35-75-77-37-27-71(88(63-21-31-73(94-5)32-22-63)67-29-39-83(96-7)55(3)43-67)47-81(77)85(79(75)45-69)80-46-70(87(62-17-11-58(50-91)12-18-62)66-20-14-60(52-93)54(2)42-66)26-36-76(80)78-38-28-72(48-82(78)85)89(64-23-33-74(95-6)34-24-64)68-30-40-84(97-8)56(4)44-68/h53-84,90-93H,9-52H2,1-8H3. The van der Waals surface area contributed by atoms with Crippen LogP contribution in [0.15, 0.2) is 0 Å². The Morgan fingerprint density at radius 2 is 0.505 bits per heavy atom. The second kappa shape index (κ2) is 32.7. The van der Waals surface area contributed by atoms with Crippen molar-refractivity contribution in [2.75, 3.05) is 54.9 Å². The summed E-state index contributed by atoms with van der Waals surface area (Å²) in [6, 6.07) is 7.43.